The Bertz CT molecular complexity index is 947. The summed E-state index contributed by atoms with van der Waals surface area (Å²) in [5, 5.41) is 0. The summed E-state index contributed by atoms with van der Waals surface area (Å²) in [6, 6.07) is 22.9. The van der Waals surface area contributed by atoms with Gasteiger partial charge in [-0.1, -0.05) is 60.7 Å². The Kier molecular flexibility index (Phi) is 5.67. The molecule has 3 rings (SSSR count). The van der Waals surface area contributed by atoms with E-state index < -0.39 is 11.9 Å². The summed E-state index contributed by atoms with van der Waals surface area (Å²) in [5.74, 6) is -0.821. The average molecular weight is 360 g/mol. The topological polar surface area (TPSA) is 52.6 Å². The van der Waals surface area contributed by atoms with Crippen LogP contribution < -0.4 is 4.74 Å². The molecule has 0 spiro atoms. The minimum atomic E-state index is -0.521. The lowest BCUT2D eigenvalue weighted by molar-refractivity contribution is -0.131. The van der Waals surface area contributed by atoms with Gasteiger partial charge in [-0.25, -0.2) is 4.79 Å². The van der Waals surface area contributed by atoms with Crippen LogP contribution in [0, 0.1) is 0 Å². The Balaban J connectivity index is 2.29. The zero-order valence-corrected chi connectivity index (χ0v) is 15.3. The van der Waals surface area contributed by atoms with Gasteiger partial charge in [-0.2, -0.15) is 0 Å². The maximum absolute atomic E-state index is 12.7. The minimum Gasteiger partial charge on any atom is -0.462 e. The van der Waals surface area contributed by atoms with E-state index in [1.807, 2.05) is 66.7 Å². The van der Waals surface area contributed by atoms with Gasteiger partial charge in [0.1, 0.15) is 11.3 Å². The van der Waals surface area contributed by atoms with Crippen LogP contribution in [0.3, 0.4) is 0 Å². The molecule has 0 saturated carbocycles. The van der Waals surface area contributed by atoms with Gasteiger partial charge in [-0.3, -0.25) is 4.79 Å². The monoisotopic (exact) mass is 360 g/mol. The lowest BCUT2D eigenvalue weighted by atomic mass is 9.93. The standard InChI is InChI=1S/C23H20O4/c1-3-26-23(25)22-20(18-12-8-5-9-13-18)14-19(15-21(22)27-16(2)24)17-10-6-4-7-11-17/h4-15H,3H2,1-2H3. The summed E-state index contributed by atoms with van der Waals surface area (Å²) in [6.45, 7) is 3.28. The predicted octanol–water partition coefficient (Wildman–Crippen LogP) is 5.12. The minimum absolute atomic E-state index is 0.196. The smallest absolute Gasteiger partial charge is 0.342 e. The second-order valence-electron chi connectivity index (χ2n) is 5.94. The van der Waals surface area contributed by atoms with Gasteiger partial charge in [0.15, 0.2) is 0 Å². The highest BCUT2D eigenvalue weighted by molar-refractivity contribution is 6.02. The number of ether oxygens (including phenoxy) is 2. The van der Waals surface area contributed by atoms with Crippen molar-refractivity contribution >= 4 is 11.9 Å². The van der Waals surface area contributed by atoms with Crippen molar-refractivity contribution in [2.75, 3.05) is 6.61 Å². The summed E-state index contributed by atoms with van der Waals surface area (Å²) < 4.78 is 10.6. The number of carbonyl (C=O) groups is 2. The third-order valence-electron chi connectivity index (χ3n) is 4.03. The van der Waals surface area contributed by atoms with Crippen molar-refractivity contribution in [3.63, 3.8) is 0 Å². The number of benzene rings is 3. The zero-order valence-electron chi connectivity index (χ0n) is 15.3. The molecule has 0 saturated heterocycles. The number of esters is 2. The number of carbonyl (C=O) groups excluding carboxylic acids is 2. The van der Waals surface area contributed by atoms with E-state index in [1.165, 1.54) is 6.92 Å². The fourth-order valence-electron chi connectivity index (χ4n) is 2.91. The molecule has 0 heterocycles. The number of hydrogen-bond donors (Lipinski definition) is 0. The molecule has 0 unspecified atom stereocenters. The fourth-order valence-corrected chi connectivity index (χ4v) is 2.91. The molecule has 0 N–H and O–H groups in total. The van der Waals surface area contributed by atoms with Crippen LogP contribution in [0.5, 0.6) is 5.75 Å². The van der Waals surface area contributed by atoms with Gasteiger partial charge in [0.2, 0.25) is 0 Å². The summed E-state index contributed by atoms with van der Waals surface area (Å²) in [4.78, 5) is 24.3. The van der Waals surface area contributed by atoms with E-state index in [-0.39, 0.29) is 17.9 Å². The molecule has 4 nitrogen and oxygen atoms in total. The first-order chi connectivity index (χ1) is 13.1. The lowest BCUT2D eigenvalue weighted by Gasteiger charge is -2.16. The van der Waals surface area contributed by atoms with Crippen molar-refractivity contribution < 1.29 is 19.1 Å². The van der Waals surface area contributed by atoms with E-state index in [4.69, 9.17) is 9.47 Å². The Labute approximate surface area is 158 Å². The molecule has 4 heteroatoms. The fraction of sp³-hybridized carbons (Fsp3) is 0.130. The van der Waals surface area contributed by atoms with Crippen LogP contribution in [0.25, 0.3) is 22.3 Å². The van der Waals surface area contributed by atoms with Crippen molar-refractivity contribution in [2.24, 2.45) is 0 Å². The molecule has 0 fully saturated rings. The molecule has 0 aromatic heterocycles. The van der Waals surface area contributed by atoms with Crippen molar-refractivity contribution in [3.05, 3.63) is 78.4 Å². The maximum atomic E-state index is 12.7. The SMILES string of the molecule is CCOC(=O)c1c(OC(C)=O)cc(-c2ccccc2)cc1-c1ccccc1. The summed E-state index contributed by atoms with van der Waals surface area (Å²) in [5.41, 5.74) is 3.55. The van der Waals surface area contributed by atoms with Gasteiger partial charge in [0.05, 0.1) is 6.61 Å². The van der Waals surface area contributed by atoms with Crippen molar-refractivity contribution in [1.82, 2.24) is 0 Å². The van der Waals surface area contributed by atoms with Crippen LogP contribution in [0.4, 0.5) is 0 Å². The van der Waals surface area contributed by atoms with Crippen molar-refractivity contribution in [2.45, 2.75) is 13.8 Å². The molecule has 3 aromatic rings. The van der Waals surface area contributed by atoms with Crippen LogP contribution in [0.15, 0.2) is 72.8 Å². The molecule has 136 valence electrons. The molecule has 0 amide bonds. The van der Waals surface area contributed by atoms with Gasteiger partial charge < -0.3 is 9.47 Å². The van der Waals surface area contributed by atoms with Gasteiger partial charge in [0.25, 0.3) is 0 Å². The summed E-state index contributed by atoms with van der Waals surface area (Å²) >= 11 is 0. The molecule has 0 aliphatic carbocycles. The third kappa shape index (κ3) is 4.23. The maximum Gasteiger partial charge on any atom is 0.342 e. The first-order valence-electron chi connectivity index (χ1n) is 8.74. The van der Waals surface area contributed by atoms with Crippen LogP contribution in [0.1, 0.15) is 24.2 Å². The van der Waals surface area contributed by atoms with Gasteiger partial charge in [0, 0.05) is 12.5 Å². The van der Waals surface area contributed by atoms with Gasteiger partial charge >= 0.3 is 11.9 Å². The first-order valence-corrected chi connectivity index (χ1v) is 8.74. The summed E-state index contributed by atoms with van der Waals surface area (Å²) in [7, 11) is 0. The highest BCUT2D eigenvalue weighted by atomic mass is 16.5. The second kappa shape index (κ2) is 8.32. The molecule has 27 heavy (non-hydrogen) atoms. The van der Waals surface area contributed by atoms with E-state index in [0.717, 1.165) is 16.7 Å². The Hall–Kier alpha value is -3.40. The highest BCUT2D eigenvalue weighted by Gasteiger charge is 2.23. The Morgan fingerprint density at radius 2 is 1.41 bits per heavy atom. The molecule has 0 aliphatic rings. The molecule has 0 atom stereocenters. The van der Waals surface area contributed by atoms with Gasteiger partial charge in [-0.05, 0) is 35.7 Å². The average Bonchev–Trinajstić information content (AvgIpc) is 2.68. The largest absolute Gasteiger partial charge is 0.462 e. The Morgan fingerprint density at radius 3 is 1.96 bits per heavy atom. The van der Waals surface area contributed by atoms with Crippen LogP contribution in [-0.2, 0) is 9.53 Å². The number of hydrogen-bond acceptors (Lipinski definition) is 4. The van der Waals surface area contributed by atoms with Gasteiger partial charge in [-0.15, -0.1) is 0 Å². The van der Waals surface area contributed by atoms with Crippen LogP contribution >= 0.6 is 0 Å². The molecule has 0 aliphatic heterocycles. The van der Waals surface area contributed by atoms with E-state index in [0.29, 0.717) is 5.56 Å². The van der Waals surface area contributed by atoms with E-state index in [9.17, 15) is 9.59 Å². The lowest BCUT2D eigenvalue weighted by Crippen LogP contribution is -2.12. The third-order valence-corrected chi connectivity index (χ3v) is 4.03. The summed E-state index contributed by atoms with van der Waals surface area (Å²) in [6.07, 6.45) is 0. The Morgan fingerprint density at radius 1 is 0.815 bits per heavy atom. The highest BCUT2D eigenvalue weighted by Crippen LogP contribution is 2.37. The van der Waals surface area contributed by atoms with Crippen molar-refractivity contribution in [1.29, 1.82) is 0 Å². The first kappa shape index (κ1) is 18.4. The quantitative estimate of drug-likeness (QED) is 0.468. The molecule has 0 radical (unpaired) electrons. The van der Waals surface area contributed by atoms with E-state index in [1.54, 1.807) is 13.0 Å². The van der Waals surface area contributed by atoms with Crippen LogP contribution in [0.2, 0.25) is 0 Å². The van der Waals surface area contributed by atoms with E-state index >= 15 is 0 Å². The molecular weight excluding hydrogens is 340 g/mol. The van der Waals surface area contributed by atoms with Crippen molar-refractivity contribution in [3.8, 4) is 28.0 Å². The molecular formula is C23H20O4. The zero-order chi connectivity index (χ0) is 19.2. The molecule has 3 aromatic carbocycles. The van der Waals surface area contributed by atoms with E-state index in [2.05, 4.69) is 0 Å². The van der Waals surface area contributed by atoms with Crippen LogP contribution in [-0.4, -0.2) is 18.5 Å². The predicted molar refractivity (Wildman–Crippen MR) is 105 cm³/mol. The number of rotatable bonds is 5. The second-order valence-corrected chi connectivity index (χ2v) is 5.94. The molecule has 0 bridgehead atoms. The normalized spacial score (nSPS) is 10.3.